The number of piperidine rings is 1. The molecule has 166 valence electrons. The van der Waals surface area contributed by atoms with Gasteiger partial charge in [0.25, 0.3) is 0 Å². The maximum Gasteiger partial charge on any atom is 0.247 e. The minimum absolute atomic E-state index is 0.00648. The van der Waals surface area contributed by atoms with Gasteiger partial charge in [0.2, 0.25) is 17.7 Å². The third-order valence-corrected chi connectivity index (χ3v) is 7.48. The molecule has 1 saturated heterocycles. The zero-order valence-electron chi connectivity index (χ0n) is 18.1. The predicted octanol–water partition coefficient (Wildman–Crippen LogP) is 3.66. The van der Waals surface area contributed by atoms with E-state index in [1.807, 2.05) is 38.1 Å². The third kappa shape index (κ3) is 3.12. The Morgan fingerprint density at radius 3 is 2.59 bits per heavy atom. The van der Waals surface area contributed by atoms with Crippen molar-refractivity contribution in [3.8, 4) is 0 Å². The SMILES string of the molecule is CC(C)NC(=O)C(c1ccc(Cl)cc1)N1C[C@H]2C[C@@H]3C(=O)Nc4ccccc4[C@]23CC1=O. The van der Waals surface area contributed by atoms with E-state index in [1.54, 1.807) is 29.2 Å². The van der Waals surface area contributed by atoms with E-state index in [4.69, 9.17) is 11.6 Å². The van der Waals surface area contributed by atoms with Crippen LogP contribution in [0.1, 0.15) is 43.9 Å². The summed E-state index contributed by atoms with van der Waals surface area (Å²) in [4.78, 5) is 41.3. The third-order valence-electron chi connectivity index (χ3n) is 7.23. The number of hydrogen-bond acceptors (Lipinski definition) is 3. The highest BCUT2D eigenvalue weighted by Gasteiger charge is 2.65. The number of hydrogen-bond donors (Lipinski definition) is 2. The Morgan fingerprint density at radius 2 is 1.88 bits per heavy atom. The molecule has 2 aromatic carbocycles. The summed E-state index contributed by atoms with van der Waals surface area (Å²) in [7, 11) is 0. The number of benzene rings is 2. The number of para-hydroxylation sites is 1. The molecule has 32 heavy (non-hydrogen) atoms. The van der Waals surface area contributed by atoms with E-state index in [-0.39, 0.29) is 42.0 Å². The lowest BCUT2D eigenvalue weighted by molar-refractivity contribution is -0.160. The van der Waals surface area contributed by atoms with Crippen LogP contribution in [0.3, 0.4) is 0 Å². The van der Waals surface area contributed by atoms with Crippen molar-refractivity contribution in [3.05, 3.63) is 64.7 Å². The molecule has 2 aromatic rings. The molecule has 1 aliphatic carbocycles. The second-order valence-electron chi connectivity index (χ2n) is 9.40. The Morgan fingerprint density at radius 1 is 1.16 bits per heavy atom. The molecule has 0 aromatic heterocycles. The number of fused-ring (bicyclic) bond motifs is 1. The standard InChI is InChI=1S/C25H26ClN3O3/c1-14(2)27-24(32)22(15-7-9-17(26)10-8-15)29-13-16-11-19-23(31)28-20-6-4-3-5-18(20)25(16,19)12-21(29)30/h3-10,14,16,19,22H,11-13H2,1-2H3,(H,27,32)(H,28,31)/t16-,19-,22?,25+/m1/s1. The van der Waals surface area contributed by atoms with Gasteiger partial charge in [0.15, 0.2) is 0 Å². The van der Waals surface area contributed by atoms with E-state index < -0.39 is 11.5 Å². The number of halogens is 1. The van der Waals surface area contributed by atoms with Crippen molar-refractivity contribution in [2.45, 2.75) is 44.2 Å². The van der Waals surface area contributed by atoms with E-state index in [2.05, 4.69) is 10.6 Å². The van der Waals surface area contributed by atoms with Crippen LogP contribution < -0.4 is 10.6 Å². The first-order valence-corrected chi connectivity index (χ1v) is 11.4. The smallest absolute Gasteiger partial charge is 0.247 e. The molecule has 1 spiro atoms. The van der Waals surface area contributed by atoms with E-state index in [1.165, 1.54) is 0 Å². The summed E-state index contributed by atoms with van der Waals surface area (Å²) in [5.74, 6) is -0.391. The molecule has 3 amide bonds. The summed E-state index contributed by atoms with van der Waals surface area (Å²) in [6.45, 7) is 4.24. The van der Waals surface area contributed by atoms with Crippen LogP contribution in [0.25, 0.3) is 0 Å². The van der Waals surface area contributed by atoms with Crippen LogP contribution in [0.2, 0.25) is 5.02 Å². The lowest BCUT2D eigenvalue weighted by atomic mass is 9.45. The molecule has 3 aliphatic rings. The molecule has 2 fully saturated rings. The molecule has 0 radical (unpaired) electrons. The van der Waals surface area contributed by atoms with Crippen LogP contribution in [0, 0.1) is 11.8 Å². The predicted molar refractivity (Wildman–Crippen MR) is 122 cm³/mol. The molecular formula is C25H26ClN3O3. The van der Waals surface area contributed by atoms with Crippen LogP contribution in [-0.2, 0) is 19.8 Å². The quantitative estimate of drug-likeness (QED) is 0.744. The molecule has 5 rings (SSSR count). The fourth-order valence-corrected chi connectivity index (χ4v) is 5.94. The van der Waals surface area contributed by atoms with Crippen molar-refractivity contribution < 1.29 is 14.4 Å². The number of nitrogens with zero attached hydrogens (tertiary/aromatic N) is 1. The normalized spacial score (nSPS) is 26.9. The lowest BCUT2D eigenvalue weighted by Gasteiger charge is -2.62. The molecule has 1 saturated carbocycles. The number of anilines is 1. The number of carbonyl (C=O) groups is 3. The Bertz CT molecular complexity index is 1100. The number of nitrogens with one attached hydrogen (secondary N) is 2. The second-order valence-corrected chi connectivity index (χ2v) is 9.84. The molecule has 6 nitrogen and oxygen atoms in total. The molecule has 1 unspecified atom stereocenters. The van der Waals surface area contributed by atoms with Gasteiger partial charge in [-0.3, -0.25) is 14.4 Å². The topological polar surface area (TPSA) is 78.5 Å². The summed E-state index contributed by atoms with van der Waals surface area (Å²) in [6, 6.07) is 14.1. The highest BCUT2D eigenvalue weighted by Crippen LogP contribution is 2.62. The van der Waals surface area contributed by atoms with Gasteiger partial charge in [0.05, 0.1) is 0 Å². The molecule has 0 bridgehead atoms. The van der Waals surface area contributed by atoms with Crippen LogP contribution in [0.15, 0.2) is 48.5 Å². The largest absolute Gasteiger partial charge is 0.352 e. The van der Waals surface area contributed by atoms with Crippen LogP contribution in [0.4, 0.5) is 5.69 Å². The number of rotatable bonds is 4. The second kappa shape index (κ2) is 7.62. The van der Waals surface area contributed by atoms with Gasteiger partial charge in [-0.15, -0.1) is 0 Å². The summed E-state index contributed by atoms with van der Waals surface area (Å²) in [5, 5.41) is 6.54. The van der Waals surface area contributed by atoms with Crippen molar-refractivity contribution in [1.82, 2.24) is 10.2 Å². The van der Waals surface area contributed by atoms with Gasteiger partial charge in [0.1, 0.15) is 6.04 Å². The van der Waals surface area contributed by atoms with Crippen LogP contribution in [-0.4, -0.2) is 35.2 Å². The van der Waals surface area contributed by atoms with Gasteiger partial charge in [-0.2, -0.15) is 0 Å². The molecule has 2 heterocycles. The van der Waals surface area contributed by atoms with Crippen molar-refractivity contribution in [2.24, 2.45) is 11.8 Å². The maximum absolute atomic E-state index is 13.6. The number of carbonyl (C=O) groups excluding carboxylic acids is 3. The van der Waals surface area contributed by atoms with E-state index in [0.29, 0.717) is 18.0 Å². The van der Waals surface area contributed by atoms with Crippen LogP contribution >= 0.6 is 11.6 Å². The van der Waals surface area contributed by atoms with Crippen molar-refractivity contribution in [2.75, 3.05) is 11.9 Å². The van der Waals surface area contributed by atoms with E-state index in [9.17, 15) is 14.4 Å². The van der Waals surface area contributed by atoms with Gasteiger partial charge in [-0.1, -0.05) is 41.9 Å². The highest BCUT2D eigenvalue weighted by atomic mass is 35.5. The van der Waals surface area contributed by atoms with Gasteiger partial charge >= 0.3 is 0 Å². The molecule has 2 aliphatic heterocycles. The zero-order chi connectivity index (χ0) is 22.6. The summed E-state index contributed by atoms with van der Waals surface area (Å²) in [5.41, 5.74) is 2.09. The number of amides is 3. The van der Waals surface area contributed by atoms with E-state index >= 15 is 0 Å². The van der Waals surface area contributed by atoms with Crippen molar-refractivity contribution >= 4 is 35.0 Å². The average Bonchev–Trinajstić information content (AvgIpc) is 2.72. The maximum atomic E-state index is 13.6. The van der Waals surface area contributed by atoms with Gasteiger partial charge in [-0.25, -0.2) is 0 Å². The Kier molecular flexibility index (Phi) is 5.01. The Labute approximate surface area is 192 Å². The molecule has 2 N–H and O–H groups in total. The lowest BCUT2D eigenvalue weighted by Crippen LogP contribution is -2.68. The van der Waals surface area contributed by atoms with Crippen LogP contribution in [0.5, 0.6) is 0 Å². The average molecular weight is 452 g/mol. The molecular weight excluding hydrogens is 426 g/mol. The zero-order valence-corrected chi connectivity index (χ0v) is 18.9. The van der Waals surface area contributed by atoms with Crippen molar-refractivity contribution in [3.63, 3.8) is 0 Å². The first-order chi connectivity index (χ1) is 15.3. The summed E-state index contributed by atoms with van der Waals surface area (Å²) in [6.07, 6.45) is 0.939. The summed E-state index contributed by atoms with van der Waals surface area (Å²) < 4.78 is 0. The van der Waals surface area contributed by atoms with Crippen molar-refractivity contribution in [1.29, 1.82) is 0 Å². The Hall–Kier alpha value is -2.86. The minimum Gasteiger partial charge on any atom is -0.352 e. The summed E-state index contributed by atoms with van der Waals surface area (Å²) >= 11 is 6.06. The minimum atomic E-state index is -0.730. The van der Waals surface area contributed by atoms with Gasteiger partial charge in [-0.05, 0) is 55.5 Å². The first kappa shape index (κ1) is 21.0. The fourth-order valence-electron chi connectivity index (χ4n) is 5.82. The highest BCUT2D eigenvalue weighted by molar-refractivity contribution is 6.30. The van der Waals surface area contributed by atoms with E-state index in [0.717, 1.165) is 16.8 Å². The first-order valence-electron chi connectivity index (χ1n) is 11.1. The monoisotopic (exact) mass is 451 g/mol. The molecule has 4 atom stereocenters. The number of likely N-dealkylation sites (tertiary alicyclic amines) is 1. The molecule has 7 heteroatoms. The van der Waals surface area contributed by atoms with Gasteiger partial charge in [0, 0.05) is 41.1 Å². The van der Waals surface area contributed by atoms with Gasteiger partial charge < -0.3 is 15.5 Å². The Balaban J connectivity index is 1.51. The fraction of sp³-hybridized carbons (Fsp3) is 0.400.